The van der Waals surface area contributed by atoms with E-state index in [2.05, 4.69) is 99.8 Å². The van der Waals surface area contributed by atoms with E-state index in [1.807, 2.05) is 54.6 Å². The van der Waals surface area contributed by atoms with Crippen LogP contribution in [0.5, 0.6) is 0 Å². The Balaban J connectivity index is 1.06. The van der Waals surface area contributed by atoms with Crippen molar-refractivity contribution in [1.82, 2.24) is 0 Å². The number of fused-ring (bicyclic) bond motifs is 6. The Labute approximate surface area is 311 Å². The zero-order chi connectivity index (χ0) is 38.9. The Kier molecular flexibility index (Phi) is 5.97. The van der Waals surface area contributed by atoms with Crippen molar-refractivity contribution in [1.29, 1.82) is 5.41 Å². The smallest absolute Gasteiger partial charge is 0.161 e. The molecule has 1 N–H and O–H groups in total. The number of benzene rings is 8. The summed E-state index contributed by atoms with van der Waals surface area (Å²) in [6.07, 6.45) is 1.56. The van der Waals surface area contributed by atoms with Crippen LogP contribution in [0.25, 0.3) is 52.8 Å². The fourth-order valence-electron chi connectivity index (χ4n) is 7.17. The largest absolute Gasteiger partial charge is 0.309 e. The lowest BCUT2D eigenvalue weighted by Gasteiger charge is -2.34. The normalized spacial score (nSPS) is 14.0. The summed E-state index contributed by atoms with van der Waals surface area (Å²) in [6.45, 7) is 0. The SMILES string of the molecule is [2H]c1c([2H])c([2H])c(C(N=Cc2ccc(N3c4cc5ccccc5cc4-c4cccc5cccc3c45)cc2)=NC(=N)c2ccc3c(c2)sc2ccccc23)c([2H])c1[2H]. The average Bonchev–Trinajstić information content (AvgIpc) is 3.62. The van der Waals surface area contributed by atoms with Gasteiger partial charge in [-0.1, -0.05) is 127 Å². The molecule has 10 rings (SSSR count). The van der Waals surface area contributed by atoms with E-state index in [9.17, 15) is 0 Å². The Morgan fingerprint density at radius 3 is 2.19 bits per heavy atom. The maximum absolute atomic E-state index is 9.03. The molecule has 0 atom stereocenters. The number of nitrogens with zero attached hydrogens (tertiary/aromatic N) is 3. The first-order valence-electron chi connectivity index (χ1n) is 19.4. The van der Waals surface area contributed by atoms with Gasteiger partial charge in [0.1, 0.15) is 0 Å². The first kappa shape index (κ1) is 25.3. The van der Waals surface area contributed by atoms with E-state index in [1.165, 1.54) is 16.3 Å². The molecule has 0 saturated heterocycles. The van der Waals surface area contributed by atoms with Gasteiger partial charge in [-0.25, -0.2) is 9.98 Å². The van der Waals surface area contributed by atoms with Crippen molar-refractivity contribution in [2.45, 2.75) is 0 Å². The summed E-state index contributed by atoms with van der Waals surface area (Å²) in [5.41, 5.74) is 6.49. The average molecular weight is 688 g/mol. The molecule has 0 unspecified atom stereocenters. The Morgan fingerprint density at radius 1 is 0.615 bits per heavy atom. The third kappa shape index (κ3) is 5.10. The lowest BCUT2D eigenvalue weighted by atomic mass is 9.89. The minimum atomic E-state index is -0.511. The first-order valence-corrected chi connectivity index (χ1v) is 17.7. The Hall–Kier alpha value is -6.69. The fraction of sp³-hybridized carbons (Fsp3) is 0. The summed E-state index contributed by atoms with van der Waals surface area (Å²) in [4.78, 5) is 11.5. The molecule has 9 aromatic rings. The lowest BCUT2D eigenvalue weighted by Crippen LogP contribution is -2.15. The number of anilines is 3. The molecule has 244 valence electrons. The van der Waals surface area contributed by atoms with Crippen molar-refractivity contribution in [3.8, 4) is 11.1 Å². The van der Waals surface area contributed by atoms with Crippen LogP contribution in [-0.2, 0) is 0 Å². The van der Waals surface area contributed by atoms with Gasteiger partial charge in [0.2, 0.25) is 0 Å². The first-order chi connectivity index (χ1) is 27.7. The summed E-state index contributed by atoms with van der Waals surface area (Å²) < 4.78 is 44.4. The topological polar surface area (TPSA) is 51.8 Å². The molecule has 0 fully saturated rings. The predicted molar refractivity (Wildman–Crippen MR) is 222 cm³/mol. The highest BCUT2D eigenvalue weighted by Crippen LogP contribution is 2.51. The van der Waals surface area contributed by atoms with Gasteiger partial charge in [-0.2, -0.15) is 0 Å². The van der Waals surface area contributed by atoms with Gasteiger partial charge < -0.3 is 4.90 Å². The summed E-state index contributed by atoms with van der Waals surface area (Å²) in [5.74, 6) is -0.299. The molecule has 5 heteroatoms. The summed E-state index contributed by atoms with van der Waals surface area (Å²) in [7, 11) is 0. The molecule has 0 bridgehead atoms. The number of thiophene rings is 1. The molecule has 0 saturated carbocycles. The second kappa shape index (κ2) is 12.3. The monoisotopic (exact) mass is 687 g/mol. The minimum absolute atomic E-state index is 0.144. The van der Waals surface area contributed by atoms with Crippen LogP contribution in [0.4, 0.5) is 17.1 Å². The summed E-state index contributed by atoms with van der Waals surface area (Å²) in [6, 6.07) is 45.0. The number of aliphatic imine (C=N–C) groups is 2. The van der Waals surface area contributed by atoms with Gasteiger partial charge in [-0.05, 0) is 69.8 Å². The van der Waals surface area contributed by atoms with Crippen LogP contribution >= 0.6 is 11.3 Å². The van der Waals surface area contributed by atoms with Crippen molar-refractivity contribution < 1.29 is 6.85 Å². The van der Waals surface area contributed by atoms with Crippen LogP contribution < -0.4 is 4.90 Å². The highest BCUT2D eigenvalue weighted by molar-refractivity contribution is 7.25. The zero-order valence-electron chi connectivity index (χ0n) is 32.6. The zero-order valence-corrected chi connectivity index (χ0v) is 28.4. The second-order valence-corrected chi connectivity index (χ2v) is 13.8. The highest BCUT2D eigenvalue weighted by atomic mass is 32.1. The van der Waals surface area contributed by atoms with Crippen molar-refractivity contribution in [2.75, 3.05) is 4.90 Å². The maximum Gasteiger partial charge on any atom is 0.161 e. The molecule has 1 aliphatic heterocycles. The van der Waals surface area contributed by atoms with Gasteiger partial charge in [0, 0.05) is 54.2 Å². The molecule has 1 aliphatic rings. The number of amidine groups is 2. The number of hydrogen-bond donors (Lipinski definition) is 1. The second-order valence-electron chi connectivity index (χ2n) is 12.7. The Bertz CT molecular complexity index is 3190. The molecule has 0 spiro atoms. The molecule has 0 aliphatic carbocycles. The van der Waals surface area contributed by atoms with Gasteiger partial charge in [0.25, 0.3) is 0 Å². The van der Waals surface area contributed by atoms with Crippen LogP contribution in [0.2, 0.25) is 0 Å². The quantitative estimate of drug-likeness (QED) is 0.145. The minimum Gasteiger partial charge on any atom is -0.309 e. The summed E-state index contributed by atoms with van der Waals surface area (Å²) >= 11 is 1.62. The van der Waals surface area contributed by atoms with Gasteiger partial charge in [-0.3, -0.25) is 5.41 Å². The molecule has 4 nitrogen and oxygen atoms in total. The number of hydrogen-bond acceptors (Lipinski definition) is 3. The maximum atomic E-state index is 9.03. The van der Waals surface area contributed by atoms with E-state index in [-0.39, 0.29) is 17.2 Å². The molecule has 8 aromatic carbocycles. The van der Waals surface area contributed by atoms with Crippen LogP contribution in [-0.4, -0.2) is 17.9 Å². The summed E-state index contributed by atoms with van der Waals surface area (Å²) in [5, 5.41) is 15.9. The van der Waals surface area contributed by atoms with E-state index < -0.39 is 30.2 Å². The Morgan fingerprint density at radius 2 is 1.35 bits per heavy atom. The van der Waals surface area contributed by atoms with Gasteiger partial charge in [0.15, 0.2) is 11.7 Å². The molecule has 0 amide bonds. The number of rotatable bonds is 4. The van der Waals surface area contributed by atoms with E-state index >= 15 is 0 Å². The van der Waals surface area contributed by atoms with E-state index in [0.29, 0.717) is 11.1 Å². The van der Waals surface area contributed by atoms with Gasteiger partial charge in [0.05, 0.1) is 18.2 Å². The van der Waals surface area contributed by atoms with Crippen LogP contribution in [0, 0.1) is 5.41 Å². The molecular formula is C47H30N4S. The van der Waals surface area contributed by atoms with Crippen molar-refractivity contribution in [2.24, 2.45) is 9.98 Å². The third-order valence-corrected chi connectivity index (χ3v) is 10.7. The predicted octanol–water partition coefficient (Wildman–Crippen LogP) is 12.7. The highest BCUT2D eigenvalue weighted by Gasteiger charge is 2.26. The lowest BCUT2D eigenvalue weighted by molar-refractivity contribution is 1.29. The number of nitrogens with one attached hydrogen (secondary N) is 1. The molecule has 1 aromatic heterocycles. The fourth-order valence-corrected chi connectivity index (χ4v) is 8.31. The van der Waals surface area contributed by atoms with Crippen LogP contribution in [0.3, 0.4) is 0 Å². The third-order valence-electron chi connectivity index (χ3n) is 9.60. The standard InChI is InChI=1S/C47H30N4S/c48-46(35-22-25-38-37-16-6-7-19-43(37)52-44(38)28-35)50-47(32-10-2-1-3-11-32)49-29-30-20-23-36(24-21-30)51-41-18-9-15-31-14-8-17-39(45(31)41)40-26-33-12-4-5-13-34(33)27-42(40)51/h1-29,48H/i1D,2D,3D,10D,11D. The van der Waals surface area contributed by atoms with Crippen molar-refractivity contribution in [3.05, 3.63) is 186 Å². The van der Waals surface area contributed by atoms with Gasteiger partial charge in [-0.15, -0.1) is 11.3 Å². The van der Waals surface area contributed by atoms with Gasteiger partial charge >= 0.3 is 0 Å². The van der Waals surface area contributed by atoms with Crippen molar-refractivity contribution >= 4 is 88.0 Å². The molecule has 52 heavy (non-hydrogen) atoms. The molecular weight excluding hydrogens is 653 g/mol. The van der Waals surface area contributed by atoms with Crippen LogP contribution in [0.1, 0.15) is 23.5 Å². The molecule has 0 radical (unpaired) electrons. The van der Waals surface area contributed by atoms with E-state index in [0.717, 1.165) is 53.6 Å². The van der Waals surface area contributed by atoms with Crippen molar-refractivity contribution in [3.63, 3.8) is 0 Å². The van der Waals surface area contributed by atoms with E-state index in [4.69, 9.17) is 12.3 Å². The van der Waals surface area contributed by atoms with E-state index in [1.54, 1.807) is 17.6 Å². The van der Waals surface area contributed by atoms with Crippen LogP contribution in [0.15, 0.2) is 180 Å². The molecule has 2 heterocycles.